The van der Waals surface area contributed by atoms with Gasteiger partial charge in [0.15, 0.2) is 5.37 Å². The number of rotatable bonds is 0. The molecule has 0 spiro atoms. The molecule has 0 radical (unpaired) electrons. The maximum absolute atomic E-state index is 8.38. The van der Waals surface area contributed by atoms with Crippen LogP contribution in [0.25, 0.3) is 0 Å². The molecule has 0 saturated heterocycles. The van der Waals surface area contributed by atoms with Crippen molar-refractivity contribution in [3.8, 4) is 6.07 Å². The molecule has 8 heavy (non-hydrogen) atoms. The highest BCUT2D eigenvalue weighted by Gasteiger charge is 2.13. The van der Waals surface area contributed by atoms with Crippen molar-refractivity contribution >= 4 is 11.8 Å². The van der Waals surface area contributed by atoms with Gasteiger partial charge in [0.25, 0.3) is 0 Å². The molecule has 0 aromatic rings. The van der Waals surface area contributed by atoms with Crippen LogP contribution in [0.3, 0.4) is 0 Å². The predicted molar refractivity (Wildman–Crippen MR) is 33.9 cm³/mol. The van der Waals surface area contributed by atoms with Crippen LogP contribution >= 0.6 is 11.8 Å². The van der Waals surface area contributed by atoms with Gasteiger partial charge in [-0.1, -0.05) is 11.8 Å². The molecule has 0 aliphatic carbocycles. The van der Waals surface area contributed by atoms with Gasteiger partial charge in [-0.25, -0.2) is 0 Å². The zero-order valence-corrected chi connectivity index (χ0v) is 5.35. The number of hydrogen-bond donors (Lipinski definition) is 0. The van der Waals surface area contributed by atoms with E-state index in [1.165, 1.54) is 11.8 Å². The van der Waals surface area contributed by atoms with Crippen molar-refractivity contribution in [2.75, 3.05) is 7.05 Å². The van der Waals surface area contributed by atoms with Crippen LogP contribution in [0.4, 0.5) is 0 Å². The normalized spacial score (nSPS) is 26.0. The lowest BCUT2D eigenvalue weighted by Crippen LogP contribution is -2.16. The summed E-state index contributed by atoms with van der Waals surface area (Å²) in [5.74, 6) is 0. The van der Waals surface area contributed by atoms with Crippen LogP contribution in [-0.2, 0) is 0 Å². The molecule has 1 heterocycles. The second kappa shape index (κ2) is 2.10. The minimum atomic E-state index is 0.00926. The van der Waals surface area contributed by atoms with Crippen LogP contribution in [0.5, 0.6) is 0 Å². The predicted octanol–water partition coefficient (Wildman–Crippen LogP) is 0.986. The van der Waals surface area contributed by atoms with Crippen molar-refractivity contribution in [2.24, 2.45) is 0 Å². The molecule has 1 unspecified atom stereocenters. The Balaban J connectivity index is 2.54. The maximum Gasteiger partial charge on any atom is 0.167 e. The Morgan fingerprint density at radius 3 is 2.88 bits per heavy atom. The fourth-order valence-electron chi connectivity index (χ4n) is 0.501. The quantitative estimate of drug-likeness (QED) is 0.484. The fraction of sp³-hybridized carbons (Fsp3) is 0.400. The fourth-order valence-corrected chi connectivity index (χ4v) is 1.24. The Hall–Kier alpha value is -0.620. The second-order valence-corrected chi connectivity index (χ2v) is 2.56. The number of thioether (sulfide) groups is 1. The molecule has 0 aromatic heterocycles. The van der Waals surface area contributed by atoms with Gasteiger partial charge in [0.1, 0.15) is 0 Å². The van der Waals surface area contributed by atoms with Crippen molar-refractivity contribution in [3.05, 3.63) is 11.6 Å². The summed E-state index contributed by atoms with van der Waals surface area (Å²) in [6, 6.07) is 2.14. The van der Waals surface area contributed by atoms with Crippen molar-refractivity contribution < 1.29 is 0 Å². The van der Waals surface area contributed by atoms with Gasteiger partial charge < -0.3 is 4.90 Å². The van der Waals surface area contributed by atoms with Crippen molar-refractivity contribution in [1.82, 2.24) is 4.90 Å². The van der Waals surface area contributed by atoms with E-state index in [2.05, 4.69) is 6.07 Å². The summed E-state index contributed by atoms with van der Waals surface area (Å²) in [5.41, 5.74) is 0. The van der Waals surface area contributed by atoms with Gasteiger partial charge in [-0.3, -0.25) is 0 Å². The summed E-state index contributed by atoms with van der Waals surface area (Å²) in [6.07, 6.45) is 1.90. The van der Waals surface area contributed by atoms with Crippen LogP contribution in [-0.4, -0.2) is 17.3 Å². The first-order valence-corrected chi connectivity index (χ1v) is 3.22. The van der Waals surface area contributed by atoms with Gasteiger partial charge in [0.2, 0.25) is 0 Å². The molecular weight excluding hydrogens is 120 g/mol. The van der Waals surface area contributed by atoms with E-state index in [4.69, 9.17) is 5.26 Å². The molecule has 0 N–H and O–H groups in total. The Labute approximate surface area is 52.8 Å². The first kappa shape index (κ1) is 5.52. The molecule has 0 bridgehead atoms. The summed E-state index contributed by atoms with van der Waals surface area (Å²) in [5, 5.41) is 10.3. The average molecular weight is 126 g/mol. The van der Waals surface area contributed by atoms with Gasteiger partial charge in [-0.2, -0.15) is 5.26 Å². The van der Waals surface area contributed by atoms with Gasteiger partial charge >= 0.3 is 0 Å². The molecule has 2 nitrogen and oxygen atoms in total. The molecule has 1 atom stereocenters. The monoisotopic (exact) mass is 126 g/mol. The highest BCUT2D eigenvalue weighted by molar-refractivity contribution is 8.03. The Morgan fingerprint density at radius 1 is 1.88 bits per heavy atom. The SMILES string of the molecule is CN1C=CSC1C#N. The lowest BCUT2D eigenvalue weighted by molar-refractivity contribution is 0.494. The minimum Gasteiger partial charge on any atom is -0.356 e. The zero-order chi connectivity index (χ0) is 5.98. The molecule has 1 rings (SSSR count). The van der Waals surface area contributed by atoms with E-state index >= 15 is 0 Å². The first-order chi connectivity index (χ1) is 3.84. The highest BCUT2D eigenvalue weighted by atomic mass is 32.2. The van der Waals surface area contributed by atoms with Crippen molar-refractivity contribution in [1.29, 1.82) is 5.26 Å². The number of hydrogen-bond acceptors (Lipinski definition) is 3. The van der Waals surface area contributed by atoms with E-state index in [9.17, 15) is 0 Å². The molecule has 1 aliphatic heterocycles. The van der Waals surface area contributed by atoms with Gasteiger partial charge in [-0.15, -0.1) is 0 Å². The van der Waals surface area contributed by atoms with E-state index in [0.29, 0.717) is 0 Å². The standard InChI is InChI=1S/C5H6N2S/c1-7-2-3-8-5(7)4-6/h2-3,5H,1H3. The molecule has 0 amide bonds. The largest absolute Gasteiger partial charge is 0.356 e. The topological polar surface area (TPSA) is 27.0 Å². The van der Waals surface area contributed by atoms with Crippen LogP contribution in [0.2, 0.25) is 0 Å². The maximum atomic E-state index is 8.38. The molecule has 42 valence electrons. The van der Waals surface area contributed by atoms with E-state index < -0.39 is 0 Å². The first-order valence-electron chi connectivity index (χ1n) is 2.28. The lowest BCUT2D eigenvalue weighted by atomic mass is 10.6. The van der Waals surface area contributed by atoms with Crippen LogP contribution in [0.1, 0.15) is 0 Å². The smallest absolute Gasteiger partial charge is 0.167 e. The zero-order valence-electron chi connectivity index (χ0n) is 4.53. The van der Waals surface area contributed by atoms with Crippen LogP contribution < -0.4 is 0 Å². The van der Waals surface area contributed by atoms with Crippen molar-refractivity contribution in [2.45, 2.75) is 5.37 Å². The Morgan fingerprint density at radius 2 is 2.62 bits per heavy atom. The summed E-state index contributed by atoms with van der Waals surface area (Å²) < 4.78 is 0. The van der Waals surface area contributed by atoms with E-state index in [-0.39, 0.29) is 5.37 Å². The number of nitrogens with zero attached hydrogens (tertiary/aromatic N) is 2. The van der Waals surface area contributed by atoms with Crippen molar-refractivity contribution in [3.63, 3.8) is 0 Å². The highest BCUT2D eigenvalue weighted by Crippen LogP contribution is 2.21. The Kier molecular flexibility index (Phi) is 1.45. The van der Waals surface area contributed by atoms with Crippen LogP contribution in [0.15, 0.2) is 11.6 Å². The third-order valence-corrected chi connectivity index (χ3v) is 1.96. The van der Waals surface area contributed by atoms with E-state index in [1.807, 2.05) is 23.6 Å². The third kappa shape index (κ3) is 0.797. The minimum absolute atomic E-state index is 0.00926. The van der Waals surface area contributed by atoms with E-state index in [1.54, 1.807) is 0 Å². The second-order valence-electron chi connectivity index (χ2n) is 1.57. The van der Waals surface area contributed by atoms with Gasteiger partial charge in [0, 0.05) is 13.2 Å². The molecule has 0 aromatic carbocycles. The third-order valence-electron chi connectivity index (χ3n) is 0.984. The Bertz CT molecular complexity index is 147. The summed E-state index contributed by atoms with van der Waals surface area (Å²) in [6.45, 7) is 0. The molecule has 0 fully saturated rings. The molecule has 1 aliphatic rings. The van der Waals surface area contributed by atoms with Gasteiger partial charge in [-0.05, 0) is 5.41 Å². The summed E-state index contributed by atoms with van der Waals surface area (Å²) in [7, 11) is 1.89. The van der Waals surface area contributed by atoms with Gasteiger partial charge in [0.05, 0.1) is 6.07 Å². The van der Waals surface area contributed by atoms with Crippen LogP contribution in [0, 0.1) is 11.3 Å². The number of nitriles is 1. The summed E-state index contributed by atoms with van der Waals surface area (Å²) >= 11 is 1.53. The molecule has 3 heteroatoms. The summed E-state index contributed by atoms with van der Waals surface area (Å²) in [4.78, 5) is 1.88. The molecular formula is C5H6N2S. The van der Waals surface area contributed by atoms with E-state index in [0.717, 1.165) is 0 Å². The average Bonchev–Trinajstić information content (AvgIpc) is 2.14. The molecule has 0 saturated carbocycles. The lowest BCUT2D eigenvalue weighted by Gasteiger charge is -2.10.